The van der Waals surface area contributed by atoms with Crippen LogP contribution in [0.25, 0.3) is 21.7 Å². The van der Waals surface area contributed by atoms with E-state index in [2.05, 4.69) is 20.5 Å². The Balaban J connectivity index is 1.13. The molecule has 16 heteroatoms. The highest BCUT2D eigenvalue weighted by Gasteiger charge is 2.62. The van der Waals surface area contributed by atoms with Gasteiger partial charge in [-0.1, -0.05) is 48.3 Å². The van der Waals surface area contributed by atoms with Crippen LogP contribution in [0.3, 0.4) is 0 Å². The maximum atomic E-state index is 14.5. The second-order valence-electron chi connectivity index (χ2n) is 14.5. The quantitative estimate of drug-likeness (QED) is 0.185. The van der Waals surface area contributed by atoms with E-state index in [-0.39, 0.29) is 37.4 Å². The van der Waals surface area contributed by atoms with Gasteiger partial charge in [-0.05, 0) is 68.2 Å². The summed E-state index contributed by atoms with van der Waals surface area (Å²) in [5, 5.41) is 10.5. The Bertz CT molecular complexity index is 2280. The number of hydrogen-bond donors (Lipinski definition) is 3. The van der Waals surface area contributed by atoms with Crippen LogP contribution in [0.1, 0.15) is 68.3 Å². The predicted octanol–water partition coefficient (Wildman–Crippen LogP) is 3.67. The van der Waals surface area contributed by atoms with Crippen LogP contribution < -0.4 is 20.1 Å². The molecule has 3 fully saturated rings. The third-order valence-corrected chi connectivity index (χ3v) is 12.5. The molecule has 282 valence electrons. The summed E-state index contributed by atoms with van der Waals surface area (Å²) in [6, 6.07) is 10.7. The lowest BCUT2D eigenvalue weighted by Gasteiger charge is -2.29. The zero-order valence-corrected chi connectivity index (χ0v) is 30.0. The van der Waals surface area contributed by atoms with Crippen LogP contribution in [-0.2, 0) is 24.4 Å². The van der Waals surface area contributed by atoms with Crippen LogP contribution in [0, 0.1) is 11.7 Å². The van der Waals surface area contributed by atoms with Gasteiger partial charge in [0.1, 0.15) is 35.8 Å². The summed E-state index contributed by atoms with van der Waals surface area (Å²) >= 11 is 0. The molecule has 2 aliphatic heterocycles. The van der Waals surface area contributed by atoms with Gasteiger partial charge in [0, 0.05) is 29.2 Å². The first kappa shape index (κ1) is 35.6. The molecule has 8 rings (SSSR count). The molecular formula is C38H39FN6O8S. The van der Waals surface area contributed by atoms with Crippen molar-refractivity contribution >= 4 is 55.3 Å². The molecule has 2 aliphatic carbocycles. The number of fused-ring (bicyclic) bond motifs is 5. The first-order chi connectivity index (χ1) is 26.0. The molecule has 2 saturated carbocycles. The molecule has 2 aromatic heterocycles. The highest BCUT2D eigenvalue weighted by Crippen LogP contribution is 2.46. The number of nitrogens with zero attached hydrogens (tertiary/aromatic N) is 3. The minimum absolute atomic E-state index is 0.0136. The molecule has 4 aromatic rings. The van der Waals surface area contributed by atoms with Crippen molar-refractivity contribution < 1.29 is 41.2 Å². The molecule has 0 unspecified atom stereocenters. The minimum atomic E-state index is -3.92. The van der Waals surface area contributed by atoms with Crippen molar-refractivity contribution in [3.63, 3.8) is 0 Å². The Morgan fingerprint density at radius 3 is 2.65 bits per heavy atom. The van der Waals surface area contributed by atoms with E-state index < -0.39 is 74.4 Å². The van der Waals surface area contributed by atoms with Gasteiger partial charge < -0.3 is 24.8 Å². The van der Waals surface area contributed by atoms with Gasteiger partial charge in [0.05, 0.1) is 17.3 Å². The van der Waals surface area contributed by atoms with Gasteiger partial charge in [-0.25, -0.2) is 17.8 Å². The number of allylic oxidation sites excluding steroid dienone is 1. The number of hydrogen-bond acceptors (Lipinski definition) is 10. The Hall–Kier alpha value is -5.38. The predicted molar refractivity (Wildman–Crippen MR) is 193 cm³/mol. The SMILES string of the molecule is O=C(N[C@H]1CCCCC/C=C\[C@@H]2C[C@@]2(C(=O)NS(=O)(=O)C2CC2)NC(=O)[C@@H]2C[C@@H](Oc3nc4ccccc4c4cc(F)ccc34)CN2C1=O)c1ccon1. The third-order valence-electron chi connectivity index (χ3n) is 10.7. The Morgan fingerprint density at radius 2 is 1.85 bits per heavy atom. The van der Waals surface area contributed by atoms with Crippen molar-refractivity contribution in [1.29, 1.82) is 0 Å². The Morgan fingerprint density at radius 1 is 1.02 bits per heavy atom. The number of aromatic nitrogens is 2. The Labute approximate surface area is 309 Å². The summed E-state index contributed by atoms with van der Waals surface area (Å²) in [5.41, 5.74) is -0.991. The first-order valence-electron chi connectivity index (χ1n) is 18.2. The lowest BCUT2D eigenvalue weighted by Crippen LogP contribution is -2.58. The van der Waals surface area contributed by atoms with Crippen molar-refractivity contribution in [2.75, 3.05) is 6.54 Å². The van der Waals surface area contributed by atoms with Crippen LogP contribution >= 0.6 is 0 Å². The molecule has 4 amide bonds. The number of sulfonamides is 1. The largest absolute Gasteiger partial charge is 0.472 e. The van der Waals surface area contributed by atoms with E-state index in [0.29, 0.717) is 42.0 Å². The summed E-state index contributed by atoms with van der Waals surface area (Å²) in [6.07, 6.45) is 8.34. The van der Waals surface area contributed by atoms with E-state index >= 15 is 0 Å². The van der Waals surface area contributed by atoms with E-state index in [1.54, 1.807) is 18.2 Å². The molecule has 2 aromatic carbocycles. The number of para-hydroxylation sites is 1. The fourth-order valence-electron chi connectivity index (χ4n) is 7.55. The smallest absolute Gasteiger partial charge is 0.274 e. The zero-order valence-electron chi connectivity index (χ0n) is 29.2. The van der Waals surface area contributed by atoms with Crippen molar-refractivity contribution in [2.24, 2.45) is 5.92 Å². The highest BCUT2D eigenvalue weighted by molar-refractivity contribution is 7.91. The summed E-state index contributed by atoms with van der Waals surface area (Å²) in [6.45, 7) is -0.0803. The molecule has 0 radical (unpaired) electrons. The van der Waals surface area contributed by atoms with Crippen LogP contribution in [-0.4, -0.2) is 82.6 Å². The number of halogens is 1. The van der Waals surface area contributed by atoms with Crippen molar-refractivity contribution in [1.82, 2.24) is 30.4 Å². The van der Waals surface area contributed by atoms with E-state index in [9.17, 15) is 32.0 Å². The van der Waals surface area contributed by atoms with Gasteiger partial charge in [0.2, 0.25) is 27.7 Å². The summed E-state index contributed by atoms with van der Waals surface area (Å²) in [4.78, 5) is 61.8. The Kier molecular flexibility index (Phi) is 9.32. The van der Waals surface area contributed by atoms with Gasteiger partial charge in [-0.15, -0.1) is 0 Å². The summed E-state index contributed by atoms with van der Waals surface area (Å²) in [7, 11) is -3.92. The third kappa shape index (κ3) is 7.01. The molecule has 1 saturated heterocycles. The average molecular weight is 759 g/mol. The average Bonchev–Trinajstić information content (AvgIpc) is 4.01. The van der Waals surface area contributed by atoms with Gasteiger partial charge in [-0.3, -0.25) is 23.9 Å². The zero-order chi connectivity index (χ0) is 37.6. The number of ether oxygens (including phenoxy) is 1. The number of rotatable bonds is 7. The van der Waals surface area contributed by atoms with Gasteiger partial charge in [-0.2, -0.15) is 0 Å². The molecule has 4 aliphatic rings. The molecule has 54 heavy (non-hydrogen) atoms. The lowest BCUT2D eigenvalue weighted by atomic mass is 10.0. The van der Waals surface area contributed by atoms with E-state index in [1.165, 1.54) is 29.4 Å². The number of amides is 4. The summed E-state index contributed by atoms with van der Waals surface area (Å²) < 4.78 is 53.6. The maximum absolute atomic E-state index is 14.5. The van der Waals surface area contributed by atoms with Crippen molar-refractivity contribution in [2.45, 2.75) is 86.8 Å². The molecule has 0 spiro atoms. The maximum Gasteiger partial charge on any atom is 0.274 e. The second-order valence-corrected chi connectivity index (χ2v) is 16.5. The molecule has 5 atom stereocenters. The highest BCUT2D eigenvalue weighted by atomic mass is 32.2. The lowest BCUT2D eigenvalue weighted by molar-refractivity contribution is -0.141. The monoisotopic (exact) mass is 758 g/mol. The molecule has 3 N–H and O–H groups in total. The van der Waals surface area contributed by atoms with Gasteiger partial charge in [0.15, 0.2) is 5.69 Å². The second kappa shape index (κ2) is 14.1. The van der Waals surface area contributed by atoms with Crippen LogP contribution in [0.15, 0.2) is 71.5 Å². The number of pyridine rings is 1. The fourth-order valence-corrected chi connectivity index (χ4v) is 8.92. The van der Waals surface area contributed by atoms with Gasteiger partial charge in [0.25, 0.3) is 11.8 Å². The molecule has 4 heterocycles. The molecule has 14 nitrogen and oxygen atoms in total. The standard InChI is InChI=1S/C38H39FN6O8S/c39-23-12-15-27-28(18-23)26-9-6-7-10-29(26)41-35(27)53-24-19-32-34(47)42-38(37(49)44-54(50,51)25-13-14-25)20-22(38)8-4-2-1-3-5-11-31(36(48)45(32)21-24)40-33(46)30-16-17-52-43-30/h4,6-10,12,15-18,22,24-25,31-32H,1-3,5,11,13-14,19-21H2,(H,40,46)(H,42,47)(H,44,49)/b8-4-/t22-,24-,31+,32+,38-/m1/s1. The molecular weight excluding hydrogens is 720 g/mol. The number of benzene rings is 2. The minimum Gasteiger partial charge on any atom is -0.472 e. The summed E-state index contributed by atoms with van der Waals surface area (Å²) in [5.74, 6) is -3.35. The normalized spacial score (nSPS) is 26.9. The van der Waals surface area contributed by atoms with E-state index in [1.807, 2.05) is 24.3 Å². The van der Waals surface area contributed by atoms with Crippen molar-refractivity contribution in [3.8, 4) is 5.88 Å². The number of nitrogens with one attached hydrogen (secondary N) is 3. The van der Waals surface area contributed by atoms with E-state index in [4.69, 9.17) is 14.2 Å². The number of carbonyl (C=O) groups excluding carboxylic acids is 4. The van der Waals surface area contributed by atoms with Crippen LogP contribution in [0.2, 0.25) is 0 Å². The van der Waals surface area contributed by atoms with Crippen LogP contribution in [0.5, 0.6) is 5.88 Å². The fraction of sp³-hybridized carbons (Fsp3) is 0.421. The molecule has 0 bridgehead atoms. The topological polar surface area (TPSA) is 190 Å². The van der Waals surface area contributed by atoms with E-state index in [0.717, 1.165) is 18.2 Å². The van der Waals surface area contributed by atoms with Crippen LogP contribution in [0.4, 0.5) is 4.39 Å². The number of carbonyl (C=O) groups is 4. The first-order valence-corrected chi connectivity index (χ1v) is 19.8. The van der Waals surface area contributed by atoms with Crippen molar-refractivity contribution in [3.05, 3.63) is 78.5 Å². The van der Waals surface area contributed by atoms with Gasteiger partial charge >= 0.3 is 0 Å².